The number of nitrogens with one attached hydrogen (secondary N) is 1. The molecule has 0 aliphatic heterocycles. The summed E-state index contributed by atoms with van der Waals surface area (Å²) in [6.07, 6.45) is 1.23. The molecule has 3 N–H and O–H groups in total. The summed E-state index contributed by atoms with van der Waals surface area (Å²) < 4.78 is 28.9. The van der Waals surface area contributed by atoms with Gasteiger partial charge in [0, 0.05) is 16.8 Å². The largest absolute Gasteiger partial charge is 0.434 e. The number of ether oxygens (including phenoxy) is 1. The lowest BCUT2D eigenvalue weighted by atomic mass is 10.2. The summed E-state index contributed by atoms with van der Waals surface area (Å²) in [5, 5.41) is 3.73. The van der Waals surface area contributed by atoms with Gasteiger partial charge in [0.15, 0.2) is 0 Å². The maximum absolute atomic E-state index is 12.3. The molecule has 2 rings (SSSR count). The van der Waals surface area contributed by atoms with Crippen molar-refractivity contribution in [1.82, 2.24) is 5.43 Å². The molecule has 0 aromatic heterocycles. The van der Waals surface area contributed by atoms with Crippen molar-refractivity contribution in [3.8, 4) is 5.75 Å². The summed E-state index contributed by atoms with van der Waals surface area (Å²) >= 11 is 0. The first-order valence-corrected chi connectivity index (χ1v) is 6.29. The van der Waals surface area contributed by atoms with Crippen LogP contribution in [0.4, 0.5) is 14.5 Å². The minimum atomic E-state index is -2.93. The van der Waals surface area contributed by atoms with Gasteiger partial charge in [0.25, 0.3) is 5.91 Å². The third-order valence-electron chi connectivity index (χ3n) is 2.68. The van der Waals surface area contributed by atoms with E-state index in [9.17, 15) is 13.6 Å². The Kier molecular flexibility index (Phi) is 5.02. The lowest BCUT2D eigenvalue weighted by molar-refractivity contribution is -0.0499. The molecule has 0 atom stereocenters. The summed E-state index contributed by atoms with van der Waals surface area (Å²) in [5.41, 5.74) is 9.05. The van der Waals surface area contributed by atoms with E-state index in [2.05, 4.69) is 15.3 Å². The molecule has 2 aromatic carbocycles. The summed E-state index contributed by atoms with van der Waals surface area (Å²) in [6.45, 7) is -2.93. The molecule has 7 heteroatoms. The van der Waals surface area contributed by atoms with Crippen molar-refractivity contribution < 1.29 is 18.3 Å². The zero-order chi connectivity index (χ0) is 15.9. The number of nitrogens with two attached hydrogens (primary N) is 1. The minimum Gasteiger partial charge on any atom is -0.434 e. The quantitative estimate of drug-likeness (QED) is 0.506. The van der Waals surface area contributed by atoms with E-state index in [4.69, 9.17) is 5.73 Å². The van der Waals surface area contributed by atoms with Crippen LogP contribution in [0, 0.1) is 0 Å². The van der Waals surface area contributed by atoms with Crippen molar-refractivity contribution in [2.75, 3.05) is 5.73 Å². The number of nitrogens with zero attached hydrogens (tertiary/aromatic N) is 1. The van der Waals surface area contributed by atoms with Gasteiger partial charge >= 0.3 is 6.61 Å². The number of alkyl halides is 2. The van der Waals surface area contributed by atoms with E-state index in [0.29, 0.717) is 16.8 Å². The zero-order valence-electron chi connectivity index (χ0n) is 11.4. The number of carbonyl (C=O) groups is 1. The molecule has 0 aliphatic carbocycles. The van der Waals surface area contributed by atoms with E-state index < -0.39 is 12.5 Å². The Labute approximate surface area is 125 Å². The van der Waals surface area contributed by atoms with Crippen LogP contribution in [0.3, 0.4) is 0 Å². The fourth-order valence-electron chi connectivity index (χ4n) is 1.65. The molecule has 114 valence electrons. The lowest BCUT2D eigenvalue weighted by Crippen LogP contribution is -2.17. The topological polar surface area (TPSA) is 76.7 Å². The number of hydrogen-bond acceptors (Lipinski definition) is 4. The molecule has 0 unspecified atom stereocenters. The monoisotopic (exact) mass is 305 g/mol. The molecule has 1 amide bonds. The van der Waals surface area contributed by atoms with Gasteiger partial charge in [0.1, 0.15) is 5.75 Å². The third kappa shape index (κ3) is 4.27. The van der Waals surface area contributed by atoms with Gasteiger partial charge < -0.3 is 10.5 Å². The summed E-state index contributed by atoms with van der Waals surface area (Å²) in [4.78, 5) is 11.8. The molecular weight excluding hydrogens is 292 g/mol. The van der Waals surface area contributed by atoms with Gasteiger partial charge in [-0.1, -0.05) is 12.1 Å². The Hall–Kier alpha value is -2.96. The van der Waals surface area contributed by atoms with Gasteiger partial charge in [-0.2, -0.15) is 13.9 Å². The minimum absolute atomic E-state index is 0.0250. The molecule has 5 nitrogen and oxygen atoms in total. The Morgan fingerprint density at radius 3 is 2.55 bits per heavy atom. The van der Waals surface area contributed by atoms with Crippen LogP contribution < -0.4 is 15.9 Å². The Bertz CT molecular complexity index is 673. The Balaban J connectivity index is 2.03. The van der Waals surface area contributed by atoms with Crippen molar-refractivity contribution >= 4 is 17.8 Å². The van der Waals surface area contributed by atoms with Crippen LogP contribution in [0.1, 0.15) is 15.9 Å². The molecule has 0 spiro atoms. The Morgan fingerprint density at radius 1 is 1.18 bits per heavy atom. The van der Waals surface area contributed by atoms with Crippen molar-refractivity contribution in [2.24, 2.45) is 5.10 Å². The average molecular weight is 305 g/mol. The third-order valence-corrected chi connectivity index (χ3v) is 2.68. The highest BCUT2D eigenvalue weighted by molar-refractivity contribution is 5.95. The van der Waals surface area contributed by atoms with Gasteiger partial charge in [-0.05, 0) is 36.4 Å². The van der Waals surface area contributed by atoms with Gasteiger partial charge in [-0.15, -0.1) is 0 Å². The number of para-hydroxylation sites is 1. The van der Waals surface area contributed by atoms with Gasteiger partial charge in [-0.3, -0.25) is 4.79 Å². The van der Waals surface area contributed by atoms with Crippen molar-refractivity contribution in [2.45, 2.75) is 6.61 Å². The number of benzene rings is 2. The van der Waals surface area contributed by atoms with Crippen molar-refractivity contribution in [3.63, 3.8) is 0 Å². The number of nitrogen functional groups attached to an aromatic ring is 1. The smallest absolute Gasteiger partial charge is 0.387 e. The SMILES string of the molecule is Nc1ccc(C(=O)N/N=C/c2ccccc2OC(F)F)cc1. The molecule has 0 bridgehead atoms. The maximum Gasteiger partial charge on any atom is 0.387 e. The number of hydrazone groups is 1. The van der Waals surface area contributed by atoms with Gasteiger partial charge in [-0.25, -0.2) is 5.43 Å². The van der Waals surface area contributed by atoms with Gasteiger partial charge in [0.2, 0.25) is 0 Å². The average Bonchev–Trinajstić information content (AvgIpc) is 2.49. The molecule has 0 fully saturated rings. The number of amides is 1. The molecular formula is C15H13F2N3O2. The van der Waals surface area contributed by atoms with Crippen LogP contribution in [0.15, 0.2) is 53.6 Å². The fraction of sp³-hybridized carbons (Fsp3) is 0.0667. The molecule has 2 aromatic rings. The van der Waals surface area contributed by atoms with Crippen molar-refractivity contribution in [1.29, 1.82) is 0 Å². The second-order valence-electron chi connectivity index (χ2n) is 4.24. The van der Waals surface area contributed by atoms with E-state index in [0.717, 1.165) is 0 Å². The number of anilines is 1. The maximum atomic E-state index is 12.3. The predicted octanol–water partition coefficient (Wildman–Crippen LogP) is 2.63. The van der Waals surface area contributed by atoms with E-state index in [1.807, 2.05) is 0 Å². The number of carbonyl (C=O) groups excluding carboxylic acids is 1. The van der Waals surface area contributed by atoms with E-state index >= 15 is 0 Å². The lowest BCUT2D eigenvalue weighted by Gasteiger charge is -2.07. The Morgan fingerprint density at radius 2 is 1.86 bits per heavy atom. The summed E-state index contributed by atoms with van der Waals surface area (Å²) in [5.74, 6) is -0.466. The number of halogens is 2. The van der Waals surface area contributed by atoms with Crippen LogP contribution in [0.2, 0.25) is 0 Å². The van der Waals surface area contributed by atoms with Crippen LogP contribution in [-0.2, 0) is 0 Å². The molecule has 0 saturated carbocycles. The molecule has 22 heavy (non-hydrogen) atoms. The van der Waals surface area contributed by atoms with Crippen LogP contribution in [-0.4, -0.2) is 18.7 Å². The van der Waals surface area contributed by atoms with E-state index in [1.165, 1.54) is 18.3 Å². The fourth-order valence-corrected chi connectivity index (χ4v) is 1.65. The number of rotatable bonds is 5. The van der Waals surface area contributed by atoms with Crippen LogP contribution in [0.5, 0.6) is 5.75 Å². The highest BCUT2D eigenvalue weighted by Gasteiger charge is 2.08. The highest BCUT2D eigenvalue weighted by Crippen LogP contribution is 2.18. The van der Waals surface area contributed by atoms with E-state index in [-0.39, 0.29) is 5.75 Å². The number of hydrogen-bond donors (Lipinski definition) is 2. The molecule has 0 radical (unpaired) electrons. The summed E-state index contributed by atoms with van der Waals surface area (Å²) in [6, 6.07) is 12.4. The van der Waals surface area contributed by atoms with Gasteiger partial charge in [0.05, 0.1) is 6.21 Å². The second-order valence-corrected chi connectivity index (χ2v) is 4.24. The first-order valence-electron chi connectivity index (χ1n) is 6.29. The second kappa shape index (κ2) is 7.16. The molecule has 0 aliphatic rings. The van der Waals surface area contributed by atoms with E-state index in [1.54, 1.807) is 36.4 Å². The highest BCUT2D eigenvalue weighted by atomic mass is 19.3. The van der Waals surface area contributed by atoms with Crippen LogP contribution in [0.25, 0.3) is 0 Å². The first-order chi connectivity index (χ1) is 10.6. The molecule has 0 heterocycles. The zero-order valence-corrected chi connectivity index (χ0v) is 11.4. The first kappa shape index (κ1) is 15.4. The van der Waals surface area contributed by atoms with Crippen LogP contribution >= 0.6 is 0 Å². The normalized spacial score (nSPS) is 10.9. The summed E-state index contributed by atoms with van der Waals surface area (Å²) in [7, 11) is 0. The van der Waals surface area contributed by atoms with Crippen molar-refractivity contribution in [3.05, 3.63) is 59.7 Å². The molecule has 0 saturated heterocycles. The predicted molar refractivity (Wildman–Crippen MR) is 79.0 cm³/mol. The standard InChI is InChI=1S/C15H13F2N3O2/c16-15(17)22-13-4-2-1-3-11(13)9-19-20-14(21)10-5-7-12(18)8-6-10/h1-9,15H,18H2,(H,20,21)/b19-9+.